The van der Waals surface area contributed by atoms with Crippen molar-refractivity contribution < 1.29 is 9.59 Å². The maximum atomic E-state index is 12.0. The van der Waals surface area contributed by atoms with Gasteiger partial charge < -0.3 is 20.4 Å². The molecule has 1 saturated heterocycles. The van der Waals surface area contributed by atoms with Gasteiger partial charge in [0.2, 0.25) is 5.91 Å². The third kappa shape index (κ3) is 4.03. The van der Waals surface area contributed by atoms with Gasteiger partial charge in [0, 0.05) is 39.3 Å². The Balaban J connectivity index is 0.00000289. The minimum Gasteiger partial charge on any atom is -0.338 e. The van der Waals surface area contributed by atoms with Crippen LogP contribution in [-0.2, 0) is 4.79 Å². The maximum absolute atomic E-state index is 12.0. The van der Waals surface area contributed by atoms with E-state index in [0.717, 1.165) is 13.1 Å². The van der Waals surface area contributed by atoms with Gasteiger partial charge in [0.25, 0.3) is 0 Å². The fourth-order valence-electron chi connectivity index (χ4n) is 1.97. The first-order valence-electron chi connectivity index (χ1n) is 6.15. The number of carbonyl (C=O) groups excluding carboxylic acids is 2. The fraction of sp³-hybridized carbons (Fsp3) is 0.818. The van der Waals surface area contributed by atoms with Crippen molar-refractivity contribution >= 4 is 24.3 Å². The topological polar surface area (TPSA) is 69.9 Å². The number of rotatable bonds is 3. The van der Waals surface area contributed by atoms with Gasteiger partial charge in [0.15, 0.2) is 0 Å². The van der Waals surface area contributed by atoms with Gasteiger partial charge in [-0.2, -0.15) is 0 Å². The number of piperazine rings is 1. The SMILES string of the molecule is CCN(CC)C(=O)N1CCN(C(=O)CN)CC1.Cl. The second-order valence-corrected chi connectivity index (χ2v) is 4.03. The monoisotopic (exact) mass is 278 g/mol. The van der Waals surface area contributed by atoms with Crippen LogP contribution in [0.5, 0.6) is 0 Å². The van der Waals surface area contributed by atoms with Crippen LogP contribution >= 0.6 is 12.4 Å². The third-order valence-corrected chi connectivity index (χ3v) is 3.11. The lowest BCUT2D eigenvalue weighted by Crippen LogP contribution is -2.54. The zero-order valence-electron chi connectivity index (χ0n) is 11.1. The molecule has 0 aromatic heterocycles. The standard InChI is InChI=1S/C11H22N4O2.ClH/c1-3-13(4-2)11(17)15-7-5-14(6-8-15)10(16)9-12;/h3-9,12H2,1-2H3;1H. The van der Waals surface area contributed by atoms with Crippen molar-refractivity contribution in [2.24, 2.45) is 5.73 Å². The van der Waals surface area contributed by atoms with Gasteiger partial charge in [-0.3, -0.25) is 4.79 Å². The van der Waals surface area contributed by atoms with Crippen LogP contribution in [0, 0.1) is 0 Å². The smallest absolute Gasteiger partial charge is 0.320 e. The van der Waals surface area contributed by atoms with E-state index in [1.165, 1.54) is 0 Å². The number of hydrogen-bond acceptors (Lipinski definition) is 3. The Kier molecular flexibility index (Phi) is 7.70. The number of carbonyl (C=O) groups is 2. The largest absolute Gasteiger partial charge is 0.338 e. The van der Waals surface area contributed by atoms with Gasteiger partial charge in [0.05, 0.1) is 6.54 Å². The van der Waals surface area contributed by atoms with Crippen molar-refractivity contribution in [3.05, 3.63) is 0 Å². The molecular weight excluding hydrogens is 256 g/mol. The number of halogens is 1. The number of urea groups is 1. The van der Waals surface area contributed by atoms with E-state index in [4.69, 9.17) is 5.73 Å². The lowest BCUT2D eigenvalue weighted by molar-refractivity contribution is -0.131. The molecule has 3 amide bonds. The van der Waals surface area contributed by atoms with Crippen LogP contribution in [-0.4, -0.2) is 72.5 Å². The molecule has 1 aliphatic heterocycles. The van der Waals surface area contributed by atoms with Gasteiger partial charge in [-0.15, -0.1) is 12.4 Å². The average molecular weight is 279 g/mol. The zero-order chi connectivity index (χ0) is 12.8. The van der Waals surface area contributed by atoms with E-state index in [2.05, 4.69) is 0 Å². The summed E-state index contributed by atoms with van der Waals surface area (Å²) >= 11 is 0. The van der Waals surface area contributed by atoms with Crippen LogP contribution in [0.15, 0.2) is 0 Å². The van der Waals surface area contributed by atoms with Crippen LogP contribution in [0.1, 0.15) is 13.8 Å². The fourth-order valence-corrected chi connectivity index (χ4v) is 1.97. The third-order valence-electron chi connectivity index (χ3n) is 3.11. The Morgan fingerprint density at radius 2 is 1.50 bits per heavy atom. The Morgan fingerprint density at radius 1 is 1.06 bits per heavy atom. The lowest BCUT2D eigenvalue weighted by atomic mass is 10.3. The highest BCUT2D eigenvalue weighted by Gasteiger charge is 2.25. The van der Waals surface area contributed by atoms with Gasteiger partial charge >= 0.3 is 6.03 Å². The molecule has 0 saturated carbocycles. The van der Waals surface area contributed by atoms with Crippen molar-refractivity contribution in [2.75, 3.05) is 45.8 Å². The molecule has 7 heteroatoms. The molecule has 0 aromatic rings. The summed E-state index contributed by atoms with van der Waals surface area (Å²) in [4.78, 5) is 28.7. The summed E-state index contributed by atoms with van der Waals surface area (Å²) in [6.45, 7) is 7.79. The van der Waals surface area contributed by atoms with E-state index >= 15 is 0 Å². The molecule has 6 nitrogen and oxygen atoms in total. The molecular formula is C11H23ClN4O2. The minimum absolute atomic E-state index is 0. The number of nitrogens with two attached hydrogens (primary N) is 1. The summed E-state index contributed by atoms with van der Waals surface area (Å²) in [5.74, 6) is -0.0417. The quantitative estimate of drug-likeness (QED) is 0.788. The molecule has 1 heterocycles. The zero-order valence-corrected chi connectivity index (χ0v) is 11.9. The number of nitrogens with zero attached hydrogens (tertiary/aromatic N) is 3. The first kappa shape index (κ1) is 17.0. The molecule has 0 spiro atoms. The van der Waals surface area contributed by atoms with Crippen molar-refractivity contribution in [3.63, 3.8) is 0 Å². The first-order valence-corrected chi connectivity index (χ1v) is 6.15. The van der Waals surface area contributed by atoms with Crippen molar-refractivity contribution in [1.29, 1.82) is 0 Å². The lowest BCUT2D eigenvalue weighted by Gasteiger charge is -2.37. The second kappa shape index (κ2) is 8.16. The number of amides is 3. The molecule has 18 heavy (non-hydrogen) atoms. The molecule has 106 valence electrons. The molecule has 0 bridgehead atoms. The van der Waals surface area contributed by atoms with Gasteiger partial charge in [-0.25, -0.2) is 4.79 Å². The predicted molar refractivity (Wildman–Crippen MR) is 72.8 cm³/mol. The Labute approximate surface area is 114 Å². The molecule has 2 N–H and O–H groups in total. The molecule has 0 atom stereocenters. The highest BCUT2D eigenvalue weighted by Crippen LogP contribution is 2.05. The summed E-state index contributed by atoms with van der Waals surface area (Å²) in [7, 11) is 0. The van der Waals surface area contributed by atoms with Crippen LogP contribution in [0.2, 0.25) is 0 Å². The summed E-state index contributed by atoms with van der Waals surface area (Å²) in [5.41, 5.74) is 5.31. The Morgan fingerprint density at radius 3 is 1.89 bits per heavy atom. The maximum Gasteiger partial charge on any atom is 0.320 e. The molecule has 0 aliphatic carbocycles. The van der Waals surface area contributed by atoms with Gasteiger partial charge in [-0.1, -0.05) is 0 Å². The van der Waals surface area contributed by atoms with E-state index in [1.54, 1.807) is 14.7 Å². The van der Waals surface area contributed by atoms with Gasteiger partial charge in [0.1, 0.15) is 0 Å². The molecule has 1 rings (SSSR count). The molecule has 0 aromatic carbocycles. The van der Waals surface area contributed by atoms with Crippen LogP contribution in [0.25, 0.3) is 0 Å². The molecule has 0 radical (unpaired) electrons. The molecule has 1 aliphatic rings. The summed E-state index contributed by atoms with van der Waals surface area (Å²) in [6, 6.07) is 0.0647. The minimum atomic E-state index is -0.0417. The summed E-state index contributed by atoms with van der Waals surface area (Å²) in [5, 5.41) is 0. The predicted octanol–water partition coefficient (Wildman–Crippen LogP) is -0.0271. The van der Waals surface area contributed by atoms with Crippen LogP contribution in [0.3, 0.4) is 0 Å². The molecule has 1 fully saturated rings. The van der Waals surface area contributed by atoms with E-state index in [1.807, 2.05) is 13.8 Å². The summed E-state index contributed by atoms with van der Waals surface area (Å²) < 4.78 is 0. The average Bonchev–Trinajstić information content (AvgIpc) is 2.39. The second-order valence-electron chi connectivity index (χ2n) is 4.03. The van der Waals surface area contributed by atoms with Crippen molar-refractivity contribution in [2.45, 2.75) is 13.8 Å². The first-order chi connectivity index (χ1) is 8.13. The Hall–Kier alpha value is -1.01. The highest BCUT2D eigenvalue weighted by atomic mass is 35.5. The highest BCUT2D eigenvalue weighted by molar-refractivity contribution is 5.85. The van der Waals surface area contributed by atoms with Crippen molar-refractivity contribution in [3.8, 4) is 0 Å². The Bertz CT molecular complexity index is 276. The van der Waals surface area contributed by atoms with Crippen molar-refractivity contribution in [1.82, 2.24) is 14.7 Å². The van der Waals surface area contributed by atoms with E-state index < -0.39 is 0 Å². The van der Waals surface area contributed by atoms with Crippen LogP contribution in [0.4, 0.5) is 4.79 Å². The van der Waals surface area contributed by atoms with Gasteiger partial charge in [-0.05, 0) is 13.8 Å². The summed E-state index contributed by atoms with van der Waals surface area (Å²) in [6.07, 6.45) is 0. The van der Waals surface area contributed by atoms with E-state index in [9.17, 15) is 9.59 Å². The van der Waals surface area contributed by atoms with E-state index in [-0.39, 0.29) is 30.9 Å². The number of hydrogen-bond donors (Lipinski definition) is 1. The normalized spacial score (nSPS) is 15.1. The molecule has 0 unspecified atom stereocenters. The van der Waals surface area contributed by atoms with E-state index in [0.29, 0.717) is 26.2 Å². The van der Waals surface area contributed by atoms with Crippen LogP contribution < -0.4 is 5.73 Å².